The fraction of sp³-hybridized carbons (Fsp3) is 0.690. The molecule has 4 fully saturated rings. The van der Waals surface area contributed by atoms with Crippen molar-refractivity contribution < 1.29 is 135 Å². The molecule has 8 heterocycles. The second kappa shape index (κ2) is 50.9. The smallest absolute Gasteiger partial charge is 0.336 e. The van der Waals surface area contributed by atoms with Crippen LogP contribution in [0, 0.1) is 0 Å². The first kappa shape index (κ1) is 105. The number of aliphatic hydroxyl groups is 4. The zero-order chi connectivity index (χ0) is 96.6. The average molecular weight is 1880 g/mol. The molecule has 0 aromatic carbocycles. The topological polar surface area (TPSA) is 671 Å². The van der Waals surface area contributed by atoms with Crippen molar-refractivity contribution in [3.05, 3.63) is 126 Å². The van der Waals surface area contributed by atoms with Crippen molar-refractivity contribution >= 4 is 59.9 Å². The zero-order valence-corrected chi connectivity index (χ0v) is 72.9. The number of fused-ring (bicyclic) bond motifs is 2. The Morgan fingerprint density at radius 1 is 0.221 bits per heavy atom. The summed E-state index contributed by atoms with van der Waals surface area (Å²) in [5, 5.41) is 36.9. The number of nitrogens with zero attached hydrogens (tertiary/aromatic N) is 20. The van der Waals surface area contributed by atoms with Crippen LogP contribution in [0.2, 0.25) is 0 Å². The minimum Gasteiger partial charge on any atom is -0.469 e. The summed E-state index contributed by atoms with van der Waals surface area (Å²) in [6.45, 7) is -13.4. The number of hydrogen-bond acceptors (Lipinski definition) is 40. The predicted molar refractivity (Wildman–Crippen MR) is 430 cm³/mol. The fourth-order valence-corrected chi connectivity index (χ4v) is 13.9. The van der Waals surface area contributed by atoms with Gasteiger partial charge < -0.3 is 86.7 Å². The lowest BCUT2D eigenvalue weighted by atomic mass is 10.3. The van der Waals surface area contributed by atoms with Crippen molar-refractivity contribution in [3.8, 4) is 0 Å². The van der Waals surface area contributed by atoms with Crippen LogP contribution in [0.25, 0.3) is 0 Å². The summed E-state index contributed by atoms with van der Waals surface area (Å²) in [6.07, 6.45) is -6.70. The molecule has 131 heavy (non-hydrogen) atoms. The maximum absolute atomic E-state index is 13.5. The lowest BCUT2D eigenvalue weighted by molar-refractivity contribution is -0.145. The van der Waals surface area contributed by atoms with Crippen molar-refractivity contribution in [2.75, 3.05) is 177 Å². The van der Waals surface area contributed by atoms with Gasteiger partial charge in [-0.2, -0.15) is 0 Å². The molecule has 4 aliphatic heterocycles. The maximum Gasteiger partial charge on any atom is 0.336 e. The first-order valence-electron chi connectivity index (χ1n) is 40.1. The molecule has 4 saturated heterocycles. The Hall–Kier alpha value is -12.9. The molecule has 8 amide bonds. The Kier molecular flexibility index (Phi) is 40.8. The van der Waals surface area contributed by atoms with E-state index < -0.39 is 330 Å². The van der Waals surface area contributed by atoms with E-state index in [0.29, 0.717) is 54.8 Å². The molecule has 4 aromatic rings. The number of esters is 6. The zero-order valence-electron chi connectivity index (χ0n) is 72.9. The van der Waals surface area contributed by atoms with Crippen LogP contribution in [0.1, 0.15) is 44.9 Å². The molecule has 4 aliphatic rings. The van der Waals surface area contributed by atoms with Gasteiger partial charge in [-0.3, -0.25) is 68.0 Å². The van der Waals surface area contributed by atoms with Crippen LogP contribution in [0.5, 0.6) is 0 Å². The van der Waals surface area contributed by atoms with E-state index in [2.05, 4.69) is 9.47 Å². The number of carbonyl (C=O) groups excluding carboxylic acids is 10. The molecule has 0 bridgehead atoms. The van der Waals surface area contributed by atoms with Crippen LogP contribution in [0.4, 0.5) is 19.2 Å². The highest BCUT2D eigenvalue weighted by Crippen LogP contribution is 2.36. The summed E-state index contributed by atoms with van der Waals surface area (Å²) < 4.78 is 78.4. The lowest BCUT2D eigenvalue weighted by Crippen LogP contribution is -2.55. The summed E-state index contributed by atoms with van der Waals surface area (Å²) in [4.78, 5) is 296. The highest BCUT2D eigenvalue weighted by atomic mass is 16.6. The Labute approximate surface area is 737 Å². The van der Waals surface area contributed by atoms with Gasteiger partial charge in [0.2, 0.25) is 0 Å². The van der Waals surface area contributed by atoms with Crippen LogP contribution in [0.15, 0.2) is 57.5 Å². The minimum atomic E-state index is -1.21. The highest BCUT2D eigenvalue weighted by molar-refractivity contribution is 5.86. The Bertz CT molecular complexity index is 5470. The van der Waals surface area contributed by atoms with Crippen LogP contribution in [0.3, 0.4) is 0 Å². The van der Waals surface area contributed by atoms with Crippen molar-refractivity contribution in [2.45, 2.75) is 148 Å². The predicted octanol–water partition coefficient (Wildman–Crippen LogP) is -12.2. The molecule has 0 saturated carbocycles. The van der Waals surface area contributed by atoms with Gasteiger partial charge in [0.05, 0.1) is 132 Å². The highest BCUT2D eigenvalue weighted by Gasteiger charge is 2.61. The van der Waals surface area contributed by atoms with Gasteiger partial charge in [-0.1, -0.05) is 0 Å². The van der Waals surface area contributed by atoms with E-state index in [1.54, 1.807) is 0 Å². The number of carbonyl (C=O) groups is 10. The fourth-order valence-electron chi connectivity index (χ4n) is 13.9. The molecule has 4 aromatic heterocycles. The number of methoxy groups -OCH3 is 8. The normalized spacial score (nSPS) is 15.8. The van der Waals surface area contributed by atoms with E-state index in [0.717, 1.165) is 14.2 Å². The van der Waals surface area contributed by atoms with Crippen molar-refractivity contribution in [2.24, 2.45) is 0 Å². The summed E-state index contributed by atoms with van der Waals surface area (Å²) in [7, 11) is 10.3. The molecule has 4 unspecified atom stereocenters. The van der Waals surface area contributed by atoms with Crippen LogP contribution < -0.4 is 68.3 Å². The van der Waals surface area contributed by atoms with Gasteiger partial charge in [0.25, 0.3) is 0 Å². The molecular weight excluding hydrogens is 1770 g/mol. The monoisotopic (exact) mass is 1880 g/mol. The molecule has 8 rings (SSSR count). The number of aromatic nitrogens is 12. The molecule has 60 heteroatoms. The molecular formula is C71H106N20O40. The van der Waals surface area contributed by atoms with Crippen molar-refractivity contribution in [3.63, 3.8) is 0 Å². The second-order valence-electron chi connectivity index (χ2n) is 28.1. The van der Waals surface area contributed by atoms with Gasteiger partial charge in [0.1, 0.15) is 73.7 Å². The molecule has 0 radical (unpaired) electrons. The molecule has 4 atom stereocenters. The molecule has 4 N–H and O–H groups in total. The number of urea groups is 4. The van der Waals surface area contributed by atoms with Crippen molar-refractivity contribution in [1.29, 1.82) is 0 Å². The van der Waals surface area contributed by atoms with Gasteiger partial charge in [-0.05, 0) is 0 Å². The maximum atomic E-state index is 13.5. The van der Waals surface area contributed by atoms with E-state index >= 15 is 0 Å². The van der Waals surface area contributed by atoms with E-state index in [4.69, 9.17) is 67.1 Å². The van der Waals surface area contributed by atoms with E-state index in [-0.39, 0.29) is 66.6 Å². The van der Waals surface area contributed by atoms with Gasteiger partial charge in [0.15, 0.2) is 24.7 Å². The van der Waals surface area contributed by atoms with Gasteiger partial charge in [0, 0.05) is 95.0 Å². The summed E-state index contributed by atoms with van der Waals surface area (Å²) in [5.74, 6) is -5.36. The van der Waals surface area contributed by atoms with Crippen molar-refractivity contribution in [1.82, 2.24) is 94.0 Å². The Balaban J connectivity index is 0.000000358. The molecule has 60 nitrogen and oxygen atoms in total. The molecule has 730 valence electrons. The molecule has 0 spiro atoms. The first-order chi connectivity index (χ1) is 62.8. The quantitative estimate of drug-likeness (QED) is 0.0181. The number of ether oxygens (including phenoxy) is 14. The largest absolute Gasteiger partial charge is 0.469 e. The summed E-state index contributed by atoms with van der Waals surface area (Å²) >= 11 is 0. The number of aliphatic hydroxyl groups excluding tert-OH is 4. The third-order valence-corrected chi connectivity index (χ3v) is 20.0. The van der Waals surface area contributed by atoms with Crippen LogP contribution >= 0.6 is 0 Å². The minimum absolute atomic E-state index is 0.128. The Morgan fingerprint density at radius 2 is 0.412 bits per heavy atom. The van der Waals surface area contributed by atoms with E-state index in [9.17, 15) is 116 Å². The van der Waals surface area contributed by atoms with E-state index in [1.165, 1.54) is 81.9 Å². The lowest BCUT2D eigenvalue weighted by Gasteiger charge is -2.28. The Morgan fingerprint density at radius 3 is 0.618 bits per heavy atom. The first-order valence-corrected chi connectivity index (χ1v) is 40.1. The summed E-state index contributed by atoms with van der Waals surface area (Å²) in [6, 6.07) is -2.17. The van der Waals surface area contributed by atoms with Gasteiger partial charge in [-0.15, -0.1) is 0 Å². The molecule has 0 aliphatic carbocycles. The van der Waals surface area contributed by atoms with Crippen LogP contribution in [-0.2, 0) is 174 Å². The standard InChI is InChI=1S/C36H54N10O20.C35H52N10O20/c1-60-20-43-27-28(45(22-62-3)35(43)58)46(36(59)44(27)21-61-2)23-64-18-13-41-32(55)40(12-16-48)33(56)42(34(41)57)14-19-66-26(51)8-11-39-30(53)37(9-6-24(49)63-4)29(52)38(31(39)54)10-7-25(50)65-17-5-15-47;1-59-19-42-26-27(44(21-61-3)34(42)57)45(35(58)43(26)20-60-2)22-63-16-12-40-31(54)39(11-14-46)32(55)41(33(40)56)13-17-64-24(49)6-9-37-28(51)36(8-5-23(48)62-4)29(52)38(30(37)53)10-7-25(50)65-18-15-47/h27-28,47-48H,5-23H2,1-4H3;26-27,46-47H,5-22H2,1-4H3. The third-order valence-electron chi connectivity index (χ3n) is 20.0. The van der Waals surface area contributed by atoms with Crippen LogP contribution in [-0.4, -0.2) is 376 Å². The number of amides is 8. The number of hydrogen-bond donors (Lipinski definition) is 4. The average Bonchev–Trinajstić information content (AvgIpc) is 1.58. The third kappa shape index (κ3) is 25.2. The number of rotatable bonds is 55. The van der Waals surface area contributed by atoms with Gasteiger partial charge >= 0.3 is 128 Å². The second-order valence-corrected chi connectivity index (χ2v) is 28.1. The van der Waals surface area contributed by atoms with E-state index in [1.807, 2.05) is 0 Å². The summed E-state index contributed by atoms with van der Waals surface area (Å²) in [5.41, 5.74) is -13.9. The van der Waals surface area contributed by atoms with Gasteiger partial charge in [-0.25, -0.2) is 132 Å². The SMILES string of the molecule is COCN1C(=O)N(COC)C2C1N(COC)C(=O)N2COCCn1c(=O)n(CCO)c(=O)n(CCOC(=O)CCn2c(=O)n(CCC(=O)OC)c(=O)n(CCC(=O)OCCCO)c2=O)c1=O.COCN1C(=O)N(COC)C2C1N(COC)C(=O)N2COCCn1c(=O)n(CCO)c(=O)n(CCOC(=O)CCn2c(=O)n(CCC(=O)OC)c(=O)n(CCC(=O)OCCO)c2=O)c1=O.